The Labute approximate surface area is 625 Å². The number of carboxylic acids is 5. The molecule has 0 aliphatic carbocycles. The van der Waals surface area contributed by atoms with Crippen LogP contribution in [0.3, 0.4) is 0 Å². The highest BCUT2D eigenvalue weighted by molar-refractivity contribution is 6.01. The summed E-state index contributed by atoms with van der Waals surface area (Å²) in [5.74, 6) is -16.8. The maximum absolute atomic E-state index is 14.5. The first-order valence-electron chi connectivity index (χ1n) is 34.8. The monoisotopic (exact) mass is 1530 g/mol. The number of aliphatic imine (C=N–C) groups is 2. The van der Waals surface area contributed by atoms with Gasteiger partial charge in [-0.05, 0) is 93.2 Å². The number of benzene rings is 2. The molecular formula is C67H98N20O22. The minimum Gasteiger partial charge on any atom is -0.481 e. The summed E-state index contributed by atoms with van der Waals surface area (Å²) in [7, 11) is 2.58. The van der Waals surface area contributed by atoms with Gasteiger partial charge in [0.15, 0.2) is 5.96 Å². The highest BCUT2D eigenvalue weighted by atomic mass is 16.4. The lowest BCUT2D eigenvalue weighted by Crippen LogP contribution is -2.56. The Balaban J connectivity index is 1.43. The number of hydrogen-bond donors (Lipinski definition) is 18. The average Bonchev–Trinajstić information content (AvgIpc) is 0.840. The first kappa shape index (κ1) is 89.4. The fourth-order valence-electron chi connectivity index (χ4n) is 11.4. The summed E-state index contributed by atoms with van der Waals surface area (Å²) in [4.78, 5) is 237. The summed E-state index contributed by atoms with van der Waals surface area (Å²) in [5.41, 5.74) is 17.2. The second-order valence-corrected chi connectivity index (χ2v) is 25.6. The van der Waals surface area contributed by atoms with E-state index in [0.29, 0.717) is 11.1 Å². The molecule has 2 aliphatic heterocycles. The highest BCUT2D eigenvalue weighted by Crippen LogP contribution is 2.17. The van der Waals surface area contributed by atoms with Crippen LogP contribution in [0.15, 0.2) is 58.5 Å². The summed E-state index contributed by atoms with van der Waals surface area (Å²) in [5, 5.41) is 73.6. The molecule has 4 bridgehead atoms. The highest BCUT2D eigenvalue weighted by Gasteiger charge is 2.36. The van der Waals surface area contributed by atoms with Crippen molar-refractivity contribution in [2.45, 2.75) is 120 Å². The Bertz CT molecular complexity index is 3630. The number of carbonyl (C=O) groups excluding carboxylic acids is 12. The Morgan fingerprint density at radius 3 is 1.28 bits per heavy atom. The number of amides is 12. The van der Waals surface area contributed by atoms with Crippen molar-refractivity contribution >= 4 is 113 Å². The van der Waals surface area contributed by atoms with Crippen LogP contribution in [0, 0.1) is 0 Å². The largest absolute Gasteiger partial charge is 0.481 e. The standard InChI is InChI=1S/C67H98N20O22/c1-83-48(16-8-18-71-39-68)63(106)77-32-50(88)79-46(28-54(92)93)61(104)75-30-40-10-5-12-42(26-40)59(102)81-44(65(83)108)14-3-4-19-72-52(90)34-86(37-57(98)99)24-22-85(36-56(96)97)23-25-87(38-58(100)101)35-53(91)73-20-7-15-45-66(109)84(2)49(17-9-21-74-67(69)70)64(107)78-33-51(89)80-47(29-55(94)95)62(105)76-31-41-11-6-13-43(27-41)60(103)82-45/h5-6,10-13,26-27,39,44-49H,3-4,7-9,14-25,28-38H2,1-2H3,(H2,68,71)(H,72,90)(H,73,91)(H,75,104)(H,76,105)(H,77,106)(H,78,107)(H,79,88)(H,80,89)(H,81,102)(H,82,103)(H,92,93)(H,94,95)(H,96,97)(H,98,99)(H,100,101)(H4,69,70,74)/t44?,45?,46?,47?,48-,49?/m0/s1. The van der Waals surface area contributed by atoms with Gasteiger partial charge in [0, 0.05) is 90.7 Å². The lowest BCUT2D eigenvalue weighted by molar-refractivity contribution is -0.142. The minimum absolute atomic E-state index is 0.00928. The molecule has 0 saturated heterocycles. The van der Waals surface area contributed by atoms with Crippen LogP contribution in [-0.4, -0.2) is 312 Å². The van der Waals surface area contributed by atoms with E-state index >= 15 is 0 Å². The summed E-state index contributed by atoms with van der Waals surface area (Å²) in [6.07, 6.45) is -0.247. The van der Waals surface area contributed by atoms with Crippen LogP contribution in [-0.2, 0) is 85.0 Å². The Morgan fingerprint density at radius 1 is 0.477 bits per heavy atom. The van der Waals surface area contributed by atoms with Gasteiger partial charge in [-0.3, -0.25) is 106 Å². The fourth-order valence-corrected chi connectivity index (χ4v) is 11.4. The number of nitrogens with one attached hydrogen (secondary N) is 10. The average molecular weight is 1540 g/mol. The van der Waals surface area contributed by atoms with Crippen molar-refractivity contribution < 1.29 is 107 Å². The molecule has 4 rings (SSSR count). The van der Waals surface area contributed by atoms with Gasteiger partial charge < -0.3 is 106 Å². The second kappa shape index (κ2) is 46.9. The molecule has 12 amide bonds. The van der Waals surface area contributed by atoms with Gasteiger partial charge >= 0.3 is 29.8 Å². The van der Waals surface area contributed by atoms with Gasteiger partial charge in [-0.2, -0.15) is 0 Å². The zero-order chi connectivity index (χ0) is 80.7. The maximum atomic E-state index is 14.5. The molecule has 6 atom stereocenters. The maximum Gasteiger partial charge on any atom is 0.317 e. The summed E-state index contributed by atoms with van der Waals surface area (Å²) in [6, 6.07) is 3.34. The molecule has 21 N–H and O–H groups in total. The number of nitrogens with zero attached hydrogens (tertiary/aromatic N) is 7. The van der Waals surface area contributed by atoms with E-state index in [1.807, 2.05) is 0 Å². The van der Waals surface area contributed by atoms with Crippen molar-refractivity contribution in [3.63, 3.8) is 0 Å². The number of hydrogen-bond acceptors (Lipinski definition) is 22. The third-order valence-electron chi connectivity index (χ3n) is 17.0. The van der Waals surface area contributed by atoms with Crippen LogP contribution in [0.2, 0.25) is 0 Å². The zero-order valence-corrected chi connectivity index (χ0v) is 60.5. The molecule has 0 radical (unpaired) electrons. The molecule has 42 nitrogen and oxygen atoms in total. The van der Waals surface area contributed by atoms with Crippen molar-refractivity contribution in [2.24, 2.45) is 27.2 Å². The molecule has 5 unspecified atom stereocenters. The molecule has 2 aliphatic rings. The lowest BCUT2D eigenvalue weighted by atomic mass is 10.0. The minimum atomic E-state index is -1.57. The number of carbonyl (C=O) groups is 17. The summed E-state index contributed by atoms with van der Waals surface area (Å²) >= 11 is 0. The Hall–Kier alpha value is -12.0. The molecule has 2 aromatic rings. The quantitative estimate of drug-likeness (QED) is 0.0170. The number of rotatable bonds is 37. The number of carboxylic acid groups (broad SMARTS) is 5. The van der Waals surface area contributed by atoms with E-state index in [0.717, 1.165) is 16.1 Å². The number of nitrogens with two attached hydrogens (primary N) is 3. The molecule has 0 saturated carbocycles. The number of unbranched alkanes of at least 4 members (excludes halogenated alkanes) is 1. The number of aliphatic carboxylic acids is 5. The van der Waals surface area contributed by atoms with E-state index in [9.17, 15) is 107 Å². The van der Waals surface area contributed by atoms with Gasteiger partial charge in [-0.25, -0.2) is 0 Å². The molecule has 2 heterocycles. The first-order chi connectivity index (χ1) is 51.7. The fraction of sp³-hybridized carbons (Fsp3) is 0.537. The second-order valence-electron chi connectivity index (χ2n) is 25.6. The Kier molecular flexibility index (Phi) is 38.5. The summed E-state index contributed by atoms with van der Waals surface area (Å²) < 4.78 is 0. The van der Waals surface area contributed by atoms with E-state index in [4.69, 9.17) is 17.2 Å². The van der Waals surface area contributed by atoms with E-state index in [1.54, 1.807) is 12.1 Å². The van der Waals surface area contributed by atoms with Crippen LogP contribution >= 0.6 is 0 Å². The van der Waals surface area contributed by atoms with Crippen molar-refractivity contribution in [1.82, 2.24) is 77.7 Å². The molecular weight excluding hydrogens is 1440 g/mol. The van der Waals surface area contributed by atoms with Crippen LogP contribution in [0.4, 0.5) is 0 Å². The normalized spacial score (nSPS) is 18.9. The van der Waals surface area contributed by atoms with Gasteiger partial charge in [-0.1, -0.05) is 24.3 Å². The molecule has 598 valence electrons. The van der Waals surface area contributed by atoms with Crippen molar-refractivity contribution in [3.8, 4) is 0 Å². The molecule has 42 heteroatoms. The zero-order valence-electron chi connectivity index (χ0n) is 60.5. The molecule has 0 fully saturated rings. The smallest absolute Gasteiger partial charge is 0.317 e. The van der Waals surface area contributed by atoms with E-state index < -0.39 is 196 Å². The molecule has 2 aromatic carbocycles. The predicted molar refractivity (Wildman–Crippen MR) is 385 cm³/mol. The van der Waals surface area contributed by atoms with Crippen LogP contribution in [0.25, 0.3) is 0 Å². The molecule has 0 aromatic heterocycles. The van der Waals surface area contributed by atoms with Crippen LogP contribution in [0.1, 0.15) is 102 Å². The van der Waals surface area contributed by atoms with Crippen molar-refractivity contribution in [2.75, 3.05) is 112 Å². The third-order valence-corrected chi connectivity index (χ3v) is 17.0. The number of guanidine groups is 1. The van der Waals surface area contributed by atoms with Crippen molar-refractivity contribution in [1.29, 1.82) is 0 Å². The lowest BCUT2D eigenvalue weighted by Gasteiger charge is -2.31. The number of fused-ring (bicyclic) bond motifs is 4. The van der Waals surface area contributed by atoms with Gasteiger partial charge in [0.25, 0.3) is 11.8 Å². The van der Waals surface area contributed by atoms with Gasteiger partial charge in [0.05, 0.1) is 65.0 Å². The van der Waals surface area contributed by atoms with Gasteiger partial charge in [0.1, 0.15) is 36.3 Å². The molecule has 0 spiro atoms. The molecule has 109 heavy (non-hydrogen) atoms. The SMILES string of the molecule is CN1C(=O)C(CCCNC(=O)CN(CCN(CCN(CC(=O)O)CC(=O)NCCCCC2NC(=O)c3cccc(c3)CNC(=O)C(CC(=O)O)NC(=O)CNC(=O)[C@H](CCCN=CN)N(C)C2=O)CC(=O)O)CC(=O)O)NC(=O)c2cccc(c2)CNC(=O)C(CC(=O)O)NC(=O)CNC(=O)C1CCCN=C(N)N. The summed E-state index contributed by atoms with van der Waals surface area (Å²) in [6.45, 7) is -5.89. The third kappa shape index (κ3) is 34.0. The van der Waals surface area contributed by atoms with Crippen molar-refractivity contribution in [3.05, 3.63) is 70.8 Å². The Morgan fingerprint density at radius 2 is 0.872 bits per heavy atom. The van der Waals surface area contributed by atoms with Crippen LogP contribution < -0.4 is 70.4 Å². The topological polar surface area (TPSA) is 631 Å². The van der Waals surface area contributed by atoms with E-state index in [-0.39, 0.29) is 140 Å². The van der Waals surface area contributed by atoms with Gasteiger partial charge in [-0.15, -0.1) is 0 Å². The predicted octanol–water partition coefficient (Wildman–Crippen LogP) is -7.19. The number of likely N-dealkylation sites (N-methyl/N-ethyl adjacent to an activating group) is 2. The van der Waals surface area contributed by atoms with Crippen LogP contribution in [0.5, 0.6) is 0 Å². The van der Waals surface area contributed by atoms with E-state index in [1.165, 1.54) is 65.2 Å². The van der Waals surface area contributed by atoms with E-state index in [2.05, 4.69) is 63.2 Å². The van der Waals surface area contributed by atoms with Gasteiger partial charge in [0.2, 0.25) is 59.1 Å². The first-order valence-corrected chi connectivity index (χ1v) is 34.8.